The number of benzene rings is 2. The van der Waals surface area contributed by atoms with Crippen LogP contribution in [0.4, 0.5) is 26.3 Å². The maximum Gasteiger partial charge on any atom is 0.432 e. The van der Waals surface area contributed by atoms with E-state index >= 15 is 0 Å². The lowest BCUT2D eigenvalue weighted by Gasteiger charge is -2.33. The molecule has 2 aliphatic rings. The van der Waals surface area contributed by atoms with Gasteiger partial charge in [0.2, 0.25) is 0 Å². The molecule has 0 amide bonds. The van der Waals surface area contributed by atoms with E-state index in [4.69, 9.17) is 4.74 Å². The van der Waals surface area contributed by atoms with Crippen LogP contribution in [0.2, 0.25) is 0 Å². The summed E-state index contributed by atoms with van der Waals surface area (Å²) in [6.07, 6.45) is 1.17. The summed E-state index contributed by atoms with van der Waals surface area (Å²) in [7, 11) is 0. The molecule has 0 radical (unpaired) electrons. The van der Waals surface area contributed by atoms with E-state index < -0.39 is 46.8 Å². The predicted octanol–water partition coefficient (Wildman–Crippen LogP) is 7.03. The number of rotatable bonds is 5. The molecule has 0 aromatic heterocycles. The Morgan fingerprint density at radius 1 is 0.774 bits per heavy atom. The van der Waals surface area contributed by atoms with Crippen LogP contribution in [-0.4, -0.2) is 6.61 Å². The molecule has 2 aromatic carbocycles. The van der Waals surface area contributed by atoms with Crippen molar-refractivity contribution in [1.29, 1.82) is 0 Å². The van der Waals surface area contributed by atoms with Crippen molar-refractivity contribution in [2.24, 2.45) is 11.8 Å². The first-order valence-corrected chi connectivity index (χ1v) is 10.4. The summed E-state index contributed by atoms with van der Waals surface area (Å²) < 4.78 is 94.3. The Labute approximate surface area is 176 Å². The molecule has 4 rings (SSSR count). The molecule has 1 aliphatic carbocycles. The average molecular weight is 444 g/mol. The van der Waals surface area contributed by atoms with Crippen molar-refractivity contribution < 1.29 is 35.8 Å². The molecule has 0 bridgehead atoms. The Kier molecular flexibility index (Phi) is 6.19. The number of hydrogen-bond donors (Lipinski definition) is 0. The van der Waals surface area contributed by atoms with Gasteiger partial charge in [0.1, 0.15) is 22.9 Å². The van der Waals surface area contributed by atoms with Crippen molar-refractivity contribution in [3.8, 4) is 5.75 Å². The van der Waals surface area contributed by atoms with Crippen LogP contribution >= 0.6 is 0 Å². The molecule has 2 nitrogen and oxygen atoms in total. The normalized spacial score (nSPS) is 22.6. The third-order valence-electron chi connectivity index (χ3n) is 6.24. The molecule has 2 atom stereocenters. The zero-order valence-electron chi connectivity index (χ0n) is 16.7. The van der Waals surface area contributed by atoms with E-state index in [1.54, 1.807) is 0 Å². The molecule has 0 N–H and O–H groups in total. The molecule has 1 aliphatic heterocycles. The van der Waals surface area contributed by atoms with E-state index in [0.717, 1.165) is 24.6 Å². The zero-order valence-corrected chi connectivity index (χ0v) is 16.7. The minimum Gasteiger partial charge on any atom is -0.429 e. The summed E-state index contributed by atoms with van der Waals surface area (Å²) in [5.41, 5.74) is -1.45. The summed E-state index contributed by atoms with van der Waals surface area (Å²) >= 11 is 0. The lowest BCUT2D eigenvalue weighted by atomic mass is 9.84. The fourth-order valence-corrected chi connectivity index (χ4v) is 4.63. The second kappa shape index (κ2) is 8.73. The van der Waals surface area contributed by atoms with Crippen molar-refractivity contribution in [1.82, 2.24) is 0 Å². The standard InChI is InChI=1S/C23H22F6O2/c24-17-7-6-16(11-18(17)25)31-23(28,29)22-19(26)9-15(10-20(22)27)21-8-5-14(12-30-21)13-3-1-2-4-13/h6-7,9-11,13-14,21H,1-5,8,12H2. The monoisotopic (exact) mass is 444 g/mol. The van der Waals surface area contributed by atoms with Crippen LogP contribution in [0.15, 0.2) is 30.3 Å². The van der Waals surface area contributed by atoms with Gasteiger partial charge in [0, 0.05) is 6.07 Å². The Bertz CT molecular complexity index is 911. The highest BCUT2D eigenvalue weighted by molar-refractivity contribution is 5.32. The van der Waals surface area contributed by atoms with Gasteiger partial charge in [-0.25, -0.2) is 17.6 Å². The molecule has 0 spiro atoms. The van der Waals surface area contributed by atoms with Crippen molar-refractivity contribution in [3.05, 3.63) is 64.7 Å². The van der Waals surface area contributed by atoms with Crippen LogP contribution in [0.3, 0.4) is 0 Å². The number of alkyl halides is 2. The van der Waals surface area contributed by atoms with E-state index in [9.17, 15) is 26.3 Å². The second-order valence-corrected chi connectivity index (χ2v) is 8.26. The quantitative estimate of drug-likeness (QED) is 0.461. The van der Waals surface area contributed by atoms with Crippen LogP contribution in [0.25, 0.3) is 0 Å². The summed E-state index contributed by atoms with van der Waals surface area (Å²) in [4.78, 5) is 0. The molecule has 1 heterocycles. The van der Waals surface area contributed by atoms with E-state index in [2.05, 4.69) is 4.74 Å². The minimum absolute atomic E-state index is 0.146. The fraction of sp³-hybridized carbons (Fsp3) is 0.478. The minimum atomic E-state index is -4.43. The molecule has 1 saturated heterocycles. The van der Waals surface area contributed by atoms with Crippen molar-refractivity contribution in [2.75, 3.05) is 6.61 Å². The highest BCUT2D eigenvalue weighted by atomic mass is 19.3. The molecule has 168 valence electrons. The molecule has 2 aromatic rings. The van der Waals surface area contributed by atoms with Crippen molar-refractivity contribution >= 4 is 0 Å². The first-order chi connectivity index (χ1) is 14.7. The molecule has 1 saturated carbocycles. The van der Waals surface area contributed by atoms with Gasteiger partial charge in [-0.1, -0.05) is 25.7 Å². The SMILES string of the molecule is Fc1ccc(OC(F)(F)c2c(F)cc(C3CCC(C4CCCC4)CO3)cc2F)cc1F. The van der Waals surface area contributed by atoms with E-state index in [0.29, 0.717) is 37.0 Å². The first kappa shape index (κ1) is 22.0. The maximum absolute atomic E-state index is 14.5. The molecule has 2 fully saturated rings. The summed E-state index contributed by atoms with van der Waals surface area (Å²) in [6.45, 7) is 0.482. The lowest BCUT2D eigenvalue weighted by Crippen LogP contribution is -2.27. The van der Waals surface area contributed by atoms with Gasteiger partial charge in [-0.2, -0.15) is 8.78 Å². The van der Waals surface area contributed by atoms with Gasteiger partial charge in [0.05, 0.1) is 12.7 Å². The maximum atomic E-state index is 14.5. The van der Waals surface area contributed by atoms with Crippen molar-refractivity contribution in [2.45, 2.75) is 50.7 Å². The molecule has 31 heavy (non-hydrogen) atoms. The average Bonchev–Trinajstić information content (AvgIpc) is 3.25. The highest BCUT2D eigenvalue weighted by Gasteiger charge is 2.42. The summed E-state index contributed by atoms with van der Waals surface area (Å²) in [5, 5.41) is 0. The second-order valence-electron chi connectivity index (χ2n) is 8.26. The Hall–Kier alpha value is -2.22. The van der Waals surface area contributed by atoms with Crippen LogP contribution in [-0.2, 0) is 10.8 Å². The van der Waals surface area contributed by atoms with Gasteiger partial charge < -0.3 is 9.47 Å². The van der Waals surface area contributed by atoms with Gasteiger partial charge in [-0.3, -0.25) is 0 Å². The fourth-order valence-electron chi connectivity index (χ4n) is 4.63. The largest absolute Gasteiger partial charge is 0.432 e. The topological polar surface area (TPSA) is 18.5 Å². The van der Waals surface area contributed by atoms with Crippen molar-refractivity contribution in [3.63, 3.8) is 0 Å². The van der Waals surface area contributed by atoms with Crippen LogP contribution in [0.5, 0.6) is 5.75 Å². The number of hydrogen-bond acceptors (Lipinski definition) is 2. The third-order valence-corrected chi connectivity index (χ3v) is 6.24. The van der Waals surface area contributed by atoms with Gasteiger partial charge in [-0.15, -0.1) is 0 Å². The lowest BCUT2D eigenvalue weighted by molar-refractivity contribution is -0.189. The molecule has 2 unspecified atom stereocenters. The molecular formula is C23H22F6O2. The number of ether oxygens (including phenoxy) is 2. The summed E-state index contributed by atoms with van der Waals surface area (Å²) in [5.74, 6) is -5.41. The van der Waals surface area contributed by atoms with Crippen LogP contribution in [0.1, 0.15) is 55.8 Å². The molecular weight excluding hydrogens is 422 g/mol. The van der Waals surface area contributed by atoms with Crippen LogP contribution < -0.4 is 4.74 Å². The smallest absolute Gasteiger partial charge is 0.429 e. The summed E-state index contributed by atoms with van der Waals surface area (Å²) in [6, 6.07) is 3.34. The third kappa shape index (κ3) is 4.68. The van der Waals surface area contributed by atoms with Gasteiger partial charge in [0.25, 0.3) is 0 Å². The Morgan fingerprint density at radius 2 is 1.45 bits per heavy atom. The van der Waals surface area contributed by atoms with Gasteiger partial charge >= 0.3 is 6.11 Å². The van der Waals surface area contributed by atoms with Gasteiger partial charge in [0.15, 0.2) is 11.6 Å². The van der Waals surface area contributed by atoms with E-state index in [1.165, 1.54) is 25.7 Å². The number of halogens is 6. The predicted molar refractivity (Wildman–Crippen MR) is 101 cm³/mol. The van der Waals surface area contributed by atoms with E-state index in [1.807, 2.05) is 0 Å². The zero-order chi connectivity index (χ0) is 22.2. The highest BCUT2D eigenvalue weighted by Crippen LogP contribution is 2.41. The molecule has 8 heteroatoms. The Morgan fingerprint density at radius 3 is 2.03 bits per heavy atom. The van der Waals surface area contributed by atoms with Gasteiger partial charge in [-0.05, 0) is 54.5 Å². The van der Waals surface area contributed by atoms with E-state index in [-0.39, 0.29) is 5.56 Å². The first-order valence-electron chi connectivity index (χ1n) is 10.4. The van der Waals surface area contributed by atoms with Crippen LogP contribution in [0, 0.1) is 35.1 Å². The Balaban J connectivity index is 1.49.